The first-order valence-corrected chi connectivity index (χ1v) is 10.8. The molecule has 34 heavy (non-hydrogen) atoms. The molecule has 0 saturated heterocycles. The fraction of sp³-hybridized carbons (Fsp3) is 0.154. The topological polar surface area (TPSA) is 103 Å². The maximum Gasteiger partial charge on any atom is 0.344 e. The molecule has 1 amide bonds. The lowest BCUT2D eigenvalue weighted by atomic mass is 9.95. The summed E-state index contributed by atoms with van der Waals surface area (Å²) in [6.45, 7) is 1.55. The van der Waals surface area contributed by atoms with Gasteiger partial charge in [-0.1, -0.05) is 60.7 Å². The van der Waals surface area contributed by atoms with Crippen molar-refractivity contribution in [3.8, 4) is 22.4 Å². The highest BCUT2D eigenvalue weighted by atomic mass is 16.5. The summed E-state index contributed by atoms with van der Waals surface area (Å²) in [6, 6.07) is 21.7. The van der Waals surface area contributed by atoms with Gasteiger partial charge in [0.05, 0.1) is 25.1 Å². The van der Waals surface area contributed by atoms with Crippen LogP contribution in [0.15, 0.2) is 88.3 Å². The number of rotatable bonds is 8. The predicted octanol–water partition coefficient (Wildman–Crippen LogP) is 3.66. The minimum absolute atomic E-state index is 0.0964. The van der Waals surface area contributed by atoms with Crippen molar-refractivity contribution in [2.75, 3.05) is 6.61 Å². The molecule has 0 aliphatic heterocycles. The summed E-state index contributed by atoms with van der Waals surface area (Å²) in [5, 5.41) is 7.21. The van der Waals surface area contributed by atoms with E-state index in [1.165, 1.54) is 6.26 Å². The van der Waals surface area contributed by atoms with E-state index in [2.05, 4.69) is 10.4 Å². The number of nitrogens with zero attached hydrogens (tertiary/aromatic N) is 2. The Labute approximate surface area is 195 Å². The molecule has 1 N–H and O–H groups in total. The Hall–Kier alpha value is -4.46. The van der Waals surface area contributed by atoms with Gasteiger partial charge in [0.25, 0.3) is 5.56 Å². The van der Waals surface area contributed by atoms with Crippen molar-refractivity contribution in [2.45, 2.75) is 20.0 Å². The molecule has 0 atom stereocenters. The second-order valence-electron chi connectivity index (χ2n) is 7.37. The van der Waals surface area contributed by atoms with Crippen LogP contribution in [-0.4, -0.2) is 28.3 Å². The second kappa shape index (κ2) is 10.4. The molecule has 4 aromatic rings. The first-order valence-electron chi connectivity index (χ1n) is 10.8. The van der Waals surface area contributed by atoms with E-state index < -0.39 is 17.4 Å². The smallest absolute Gasteiger partial charge is 0.344 e. The summed E-state index contributed by atoms with van der Waals surface area (Å²) >= 11 is 0. The summed E-state index contributed by atoms with van der Waals surface area (Å²) in [7, 11) is 0. The maximum atomic E-state index is 13.4. The van der Waals surface area contributed by atoms with Gasteiger partial charge in [-0.3, -0.25) is 9.59 Å². The minimum atomic E-state index is -0.768. The number of aromatic nitrogens is 2. The summed E-state index contributed by atoms with van der Waals surface area (Å²) in [5.41, 5.74) is 1.22. The molecule has 2 aromatic heterocycles. The molecule has 8 heteroatoms. The maximum absolute atomic E-state index is 13.4. The van der Waals surface area contributed by atoms with Crippen LogP contribution in [0, 0.1) is 0 Å². The largest absolute Gasteiger partial charge is 0.467 e. The minimum Gasteiger partial charge on any atom is -0.467 e. The van der Waals surface area contributed by atoms with Crippen LogP contribution in [0.25, 0.3) is 22.4 Å². The number of amides is 1. The number of hydrogen-bond donors (Lipinski definition) is 1. The van der Waals surface area contributed by atoms with Gasteiger partial charge in [-0.05, 0) is 24.6 Å². The normalized spacial score (nSPS) is 10.6. The van der Waals surface area contributed by atoms with Gasteiger partial charge >= 0.3 is 5.97 Å². The standard InChI is InChI=1S/C26H23N3O5/c1-2-33-26(32)23-22(18-10-5-3-6-11-18)24(19-12-7-4-8-13-19)28-29(25(23)31)17-21(30)27-16-20-14-9-15-34-20/h3-15H,2,16-17H2,1H3,(H,27,30). The third-order valence-electron chi connectivity index (χ3n) is 5.08. The van der Waals surface area contributed by atoms with E-state index in [-0.39, 0.29) is 25.3 Å². The van der Waals surface area contributed by atoms with E-state index >= 15 is 0 Å². The van der Waals surface area contributed by atoms with Gasteiger partial charge in [0.1, 0.15) is 17.9 Å². The van der Waals surface area contributed by atoms with Crippen molar-refractivity contribution < 1.29 is 18.7 Å². The number of hydrogen-bond acceptors (Lipinski definition) is 6. The molecule has 0 fully saturated rings. The van der Waals surface area contributed by atoms with Crippen LogP contribution in [0.2, 0.25) is 0 Å². The zero-order valence-electron chi connectivity index (χ0n) is 18.6. The van der Waals surface area contributed by atoms with Gasteiger partial charge in [0, 0.05) is 11.1 Å². The van der Waals surface area contributed by atoms with E-state index in [1.54, 1.807) is 31.2 Å². The lowest BCUT2D eigenvalue weighted by Crippen LogP contribution is -2.36. The monoisotopic (exact) mass is 457 g/mol. The SMILES string of the molecule is CCOC(=O)c1c(-c2ccccc2)c(-c2ccccc2)nn(CC(=O)NCc2ccco2)c1=O. The van der Waals surface area contributed by atoms with Crippen LogP contribution in [-0.2, 0) is 22.6 Å². The molecule has 8 nitrogen and oxygen atoms in total. The Kier molecular flexibility index (Phi) is 6.98. The van der Waals surface area contributed by atoms with E-state index in [0.717, 1.165) is 4.68 Å². The number of nitrogens with one attached hydrogen (secondary N) is 1. The molecule has 0 radical (unpaired) electrons. The third kappa shape index (κ3) is 4.96. The molecule has 0 spiro atoms. The van der Waals surface area contributed by atoms with Crippen molar-refractivity contribution >= 4 is 11.9 Å². The molecule has 0 bridgehead atoms. The fourth-order valence-corrected chi connectivity index (χ4v) is 3.55. The Bertz CT molecular complexity index is 1330. The van der Waals surface area contributed by atoms with Crippen LogP contribution in [0.3, 0.4) is 0 Å². The van der Waals surface area contributed by atoms with Crippen molar-refractivity contribution in [3.63, 3.8) is 0 Å². The van der Waals surface area contributed by atoms with Gasteiger partial charge in [0.2, 0.25) is 5.91 Å². The summed E-state index contributed by atoms with van der Waals surface area (Å²) < 4.78 is 11.4. The Morgan fingerprint density at radius 3 is 2.26 bits per heavy atom. The Morgan fingerprint density at radius 1 is 0.971 bits per heavy atom. The van der Waals surface area contributed by atoms with Crippen LogP contribution < -0.4 is 10.9 Å². The molecule has 172 valence electrons. The lowest BCUT2D eigenvalue weighted by molar-refractivity contribution is -0.122. The highest BCUT2D eigenvalue weighted by Gasteiger charge is 2.26. The van der Waals surface area contributed by atoms with Crippen molar-refractivity contribution in [1.29, 1.82) is 0 Å². The van der Waals surface area contributed by atoms with Crippen molar-refractivity contribution in [3.05, 3.63) is 101 Å². The number of ether oxygens (including phenoxy) is 1. The Morgan fingerprint density at radius 2 is 1.65 bits per heavy atom. The van der Waals surface area contributed by atoms with Crippen LogP contribution in [0.5, 0.6) is 0 Å². The molecule has 2 aromatic carbocycles. The van der Waals surface area contributed by atoms with Gasteiger partial charge < -0.3 is 14.5 Å². The zero-order valence-corrected chi connectivity index (χ0v) is 18.6. The molecule has 0 aliphatic rings. The van der Waals surface area contributed by atoms with E-state index in [4.69, 9.17) is 9.15 Å². The van der Waals surface area contributed by atoms with Gasteiger partial charge in [-0.2, -0.15) is 5.10 Å². The fourth-order valence-electron chi connectivity index (χ4n) is 3.55. The van der Waals surface area contributed by atoms with Crippen molar-refractivity contribution in [2.24, 2.45) is 0 Å². The Balaban J connectivity index is 1.84. The first kappa shape index (κ1) is 22.7. The lowest BCUT2D eigenvalue weighted by Gasteiger charge is -2.16. The van der Waals surface area contributed by atoms with E-state index in [9.17, 15) is 14.4 Å². The summed E-state index contributed by atoms with van der Waals surface area (Å²) in [4.78, 5) is 39.0. The molecule has 0 aliphatic carbocycles. The first-order chi connectivity index (χ1) is 16.6. The second-order valence-corrected chi connectivity index (χ2v) is 7.37. The summed E-state index contributed by atoms with van der Waals surface area (Å²) in [6.07, 6.45) is 1.51. The molecular formula is C26H23N3O5. The average molecular weight is 457 g/mol. The average Bonchev–Trinajstić information content (AvgIpc) is 3.38. The molecular weight excluding hydrogens is 434 g/mol. The van der Waals surface area contributed by atoms with Crippen LogP contribution >= 0.6 is 0 Å². The van der Waals surface area contributed by atoms with E-state index in [0.29, 0.717) is 28.1 Å². The number of carbonyl (C=O) groups is 2. The van der Waals surface area contributed by atoms with Gasteiger partial charge in [0.15, 0.2) is 0 Å². The third-order valence-corrected chi connectivity index (χ3v) is 5.08. The van der Waals surface area contributed by atoms with Crippen LogP contribution in [0.1, 0.15) is 23.0 Å². The van der Waals surface area contributed by atoms with Gasteiger partial charge in [-0.15, -0.1) is 0 Å². The molecule has 4 rings (SSSR count). The van der Waals surface area contributed by atoms with E-state index in [1.807, 2.05) is 48.5 Å². The van der Waals surface area contributed by atoms with Crippen LogP contribution in [0.4, 0.5) is 0 Å². The molecule has 2 heterocycles. The quantitative estimate of drug-likeness (QED) is 0.405. The predicted molar refractivity (Wildman–Crippen MR) is 126 cm³/mol. The number of furan rings is 1. The van der Waals surface area contributed by atoms with Crippen molar-refractivity contribution in [1.82, 2.24) is 15.1 Å². The number of carbonyl (C=O) groups excluding carboxylic acids is 2. The zero-order chi connectivity index (χ0) is 23.9. The summed E-state index contributed by atoms with van der Waals surface area (Å²) in [5.74, 6) is -0.645. The highest BCUT2D eigenvalue weighted by Crippen LogP contribution is 2.32. The number of esters is 1. The number of benzene rings is 2. The van der Waals surface area contributed by atoms with Gasteiger partial charge in [-0.25, -0.2) is 9.48 Å². The highest BCUT2D eigenvalue weighted by molar-refractivity contribution is 6.00. The molecule has 0 saturated carbocycles. The molecule has 0 unspecified atom stereocenters.